The highest BCUT2D eigenvalue weighted by Crippen LogP contribution is 2.20. The molecule has 0 rings (SSSR count). The van der Waals surface area contributed by atoms with Crippen LogP contribution in [0.15, 0.2) is 0 Å². The van der Waals surface area contributed by atoms with Gasteiger partial charge in [-0.3, -0.25) is 0 Å². The maximum absolute atomic E-state index is 2.86. The quantitative estimate of drug-likeness (QED) is 0.666. The molecule has 2 nitrogen and oxygen atoms in total. The van der Waals surface area contributed by atoms with Gasteiger partial charge < -0.3 is 9.13 Å². The highest BCUT2D eigenvalue weighted by atomic mass is 29.2. The van der Waals surface area contributed by atoms with Gasteiger partial charge in [0.15, 0.2) is 0 Å². The molecular formula is C16H40N2Si2. The monoisotopic (exact) mass is 316 g/mol. The summed E-state index contributed by atoms with van der Waals surface area (Å²) in [7, 11) is -0.237. The topological polar surface area (TPSA) is 6.48 Å². The zero-order valence-corrected chi connectivity index (χ0v) is 18.7. The zero-order chi connectivity index (χ0) is 16.1. The molecule has 0 heterocycles. The van der Waals surface area contributed by atoms with Gasteiger partial charge in [-0.05, 0) is 66.5 Å². The second kappa shape index (κ2) is 8.11. The summed E-state index contributed by atoms with van der Waals surface area (Å²) in [5.74, 6) is 0. The van der Waals surface area contributed by atoms with Crippen LogP contribution in [0.1, 0.15) is 82.1 Å². The molecule has 0 saturated heterocycles. The predicted molar refractivity (Wildman–Crippen MR) is 99.8 cm³/mol. The third-order valence-corrected chi connectivity index (χ3v) is 12.3. The molecule has 0 saturated carbocycles. The lowest BCUT2D eigenvalue weighted by Gasteiger charge is -2.45. The molecule has 0 aromatic rings. The van der Waals surface area contributed by atoms with Crippen molar-refractivity contribution in [3.63, 3.8) is 0 Å². The molecule has 0 aromatic heterocycles. The predicted octanol–water partition coefficient (Wildman–Crippen LogP) is 2.87. The summed E-state index contributed by atoms with van der Waals surface area (Å²) >= 11 is 0. The first kappa shape index (κ1) is 20.4. The van der Waals surface area contributed by atoms with Crippen LogP contribution in [0.3, 0.4) is 0 Å². The van der Waals surface area contributed by atoms with Crippen molar-refractivity contribution in [3.05, 3.63) is 0 Å². The molecule has 20 heavy (non-hydrogen) atoms. The third kappa shape index (κ3) is 6.41. The van der Waals surface area contributed by atoms with E-state index < -0.39 is 0 Å². The van der Waals surface area contributed by atoms with Gasteiger partial charge in [0.1, 0.15) is 0 Å². The van der Waals surface area contributed by atoms with Crippen LogP contribution < -0.4 is 0 Å². The summed E-state index contributed by atoms with van der Waals surface area (Å²) < 4.78 is 5.72. The van der Waals surface area contributed by atoms with E-state index in [9.17, 15) is 0 Å². The second-order valence-corrected chi connectivity index (χ2v) is 13.2. The molecule has 0 aliphatic carbocycles. The Morgan fingerprint density at radius 1 is 0.700 bits per heavy atom. The molecule has 2 atom stereocenters. The van der Waals surface area contributed by atoms with Gasteiger partial charge in [-0.2, -0.15) is 0 Å². The summed E-state index contributed by atoms with van der Waals surface area (Å²) in [5, 5.41) is 0. The zero-order valence-electron chi connectivity index (χ0n) is 15.9. The largest absolute Gasteiger partial charge is 0.323 e. The van der Waals surface area contributed by atoms with E-state index in [0.717, 1.165) is 12.1 Å². The first-order chi connectivity index (χ1) is 8.95. The maximum atomic E-state index is 2.86. The normalized spacial score (nSPS) is 18.0. The minimum absolute atomic E-state index is 0.119. The van der Waals surface area contributed by atoms with Gasteiger partial charge in [0.2, 0.25) is 0 Å². The standard InChI is InChI=1S/C16H40N2Si2/c1-11-13(3)17(15(5,6)7)19-20-18(14(4)12-2)16(8,9)10/h13-14H,11-12,19-20H2,1-10H3. The minimum atomic E-state index is -0.119. The average Bonchev–Trinajstić information content (AvgIpc) is 2.29. The molecule has 0 radical (unpaired) electrons. The minimum Gasteiger partial charge on any atom is -0.323 e. The van der Waals surface area contributed by atoms with Crippen molar-refractivity contribution in [1.82, 2.24) is 9.13 Å². The summed E-state index contributed by atoms with van der Waals surface area (Å²) in [6.45, 7) is 23.9. The van der Waals surface area contributed by atoms with E-state index in [4.69, 9.17) is 0 Å². The third-order valence-electron chi connectivity index (χ3n) is 4.55. The number of hydrogen-bond donors (Lipinski definition) is 0. The van der Waals surface area contributed by atoms with Crippen LogP contribution in [0.2, 0.25) is 0 Å². The van der Waals surface area contributed by atoms with Crippen molar-refractivity contribution in [3.8, 4) is 0 Å². The van der Waals surface area contributed by atoms with Crippen LogP contribution in [0.4, 0.5) is 0 Å². The van der Waals surface area contributed by atoms with Crippen molar-refractivity contribution in [2.24, 2.45) is 0 Å². The van der Waals surface area contributed by atoms with Gasteiger partial charge in [0.25, 0.3) is 0 Å². The van der Waals surface area contributed by atoms with Crippen LogP contribution in [0.5, 0.6) is 0 Å². The fourth-order valence-corrected chi connectivity index (χ4v) is 14.2. The molecule has 0 spiro atoms. The molecular weight excluding hydrogens is 276 g/mol. The van der Waals surface area contributed by atoms with Crippen molar-refractivity contribution >= 4 is 18.4 Å². The van der Waals surface area contributed by atoms with E-state index in [1.165, 1.54) is 12.8 Å². The fraction of sp³-hybridized carbons (Fsp3) is 1.00. The Labute approximate surface area is 133 Å². The lowest BCUT2D eigenvalue weighted by molar-refractivity contribution is 0.188. The Kier molecular flexibility index (Phi) is 8.25. The fourth-order valence-electron chi connectivity index (χ4n) is 3.09. The van der Waals surface area contributed by atoms with Crippen molar-refractivity contribution in [1.29, 1.82) is 0 Å². The molecule has 0 bridgehead atoms. The van der Waals surface area contributed by atoms with Gasteiger partial charge >= 0.3 is 0 Å². The second-order valence-electron chi connectivity index (χ2n) is 8.24. The summed E-state index contributed by atoms with van der Waals surface area (Å²) in [5.41, 5.74) is 0.682. The Morgan fingerprint density at radius 2 is 0.950 bits per heavy atom. The molecule has 0 aliphatic rings. The van der Waals surface area contributed by atoms with Gasteiger partial charge in [-0.25, -0.2) is 0 Å². The Bertz CT molecular complexity index is 241. The number of hydrogen-bond acceptors (Lipinski definition) is 2. The van der Waals surface area contributed by atoms with Crippen LogP contribution in [-0.4, -0.2) is 50.7 Å². The van der Waals surface area contributed by atoms with Gasteiger partial charge in [0.05, 0.1) is 18.4 Å². The smallest absolute Gasteiger partial charge is 0.0978 e. The van der Waals surface area contributed by atoms with Gasteiger partial charge in [-0.1, -0.05) is 27.7 Å². The van der Waals surface area contributed by atoms with E-state index in [2.05, 4.69) is 78.4 Å². The Morgan fingerprint density at radius 3 is 1.10 bits per heavy atom. The molecule has 4 heteroatoms. The van der Waals surface area contributed by atoms with E-state index in [1.807, 2.05) is 0 Å². The summed E-state index contributed by atoms with van der Waals surface area (Å²) in [6, 6.07) is 1.49. The van der Waals surface area contributed by atoms with Gasteiger partial charge in [-0.15, -0.1) is 0 Å². The van der Waals surface area contributed by atoms with E-state index >= 15 is 0 Å². The maximum Gasteiger partial charge on any atom is 0.0978 e. The Hall–Kier alpha value is 0.354. The van der Waals surface area contributed by atoms with E-state index in [1.54, 1.807) is 0 Å². The van der Waals surface area contributed by atoms with Gasteiger partial charge in [0, 0.05) is 11.1 Å². The molecule has 0 aliphatic heterocycles. The lowest BCUT2D eigenvalue weighted by atomic mass is 10.1. The average molecular weight is 317 g/mol. The van der Waals surface area contributed by atoms with Crippen LogP contribution in [0.25, 0.3) is 0 Å². The highest BCUT2D eigenvalue weighted by Gasteiger charge is 2.30. The summed E-state index contributed by atoms with van der Waals surface area (Å²) in [6.07, 6.45) is 2.55. The first-order valence-electron chi connectivity index (χ1n) is 8.48. The molecule has 122 valence electrons. The molecule has 0 N–H and O–H groups in total. The molecule has 2 unspecified atom stereocenters. The van der Waals surface area contributed by atoms with Crippen molar-refractivity contribution < 1.29 is 0 Å². The van der Waals surface area contributed by atoms with Crippen LogP contribution in [-0.2, 0) is 0 Å². The lowest BCUT2D eigenvalue weighted by Crippen LogP contribution is -2.58. The first-order valence-corrected chi connectivity index (χ1v) is 13.7. The number of rotatable bonds is 7. The van der Waals surface area contributed by atoms with E-state index in [0.29, 0.717) is 11.1 Å². The summed E-state index contributed by atoms with van der Waals surface area (Å²) in [4.78, 5) is 0. The van der Waals surface area contributed by atoms with Crippen LogP contribution >= 0.6 is 0 Å². The SMILES string of the molecule is CCC(C)N([SiH2][SiH2]N(C(C)CC)C(C)(C)C)C(C)(C)C. The highest BCUT2D eigenvalue weighted by molar-refractivity contribution is 6.97. The molecule has 0 aromatic carbocycles. The molecule has 0 amide bonds. The Balaban J connectivity index is 4.89. The molecule has 0 fully saturated rings. The van der Waals surface area contributed by atoms with Crippen LogP contribution in [0, 0.1) is 0 Å². The van der Waals surface area contributed by atoms with Crippen molar-refractivity contribution in [2.45, 2.75) is 105 Å². The number of nitrogens with zero attached hydrogens (tertiary/aromatic N) is 2. The van der Waals surface area contributed by atoms with Crippen molar-refractivity contribution in [2.75, 3.05) is 0 Å². The van der Waals surface area contributed by atoms with E-state index in [-0.39, 0.29) is 18.4 Å².